The first-order chi connectivity index (χ1) is 14.9. The molecule has 4 aromatic rings. The first-order valence-electron chi connectivity index (χ1n) is 9.71. The van der Waals surface area contributed by atoms with Gasteiger partial charge in [0.25, 0.3) is 0 Å². The van der Waals surface area contributed by atoms with Crippen molar-refractivity contribution in [3.8, 4) is 0 Å². The first-order valence-corrected chi connectivity index (χ1v) is 10.1. The third-order valence-electron chi connectivity index (χ3n) is 4.97. The second-order valence-electron chi connectivity index (χ2n) is 7.27. The molecule has 0 atom stereocenters. The largest absolute Gasteiger partial charge is 0.337 e. The lowest BCUT2D eigenvalue weighted by atomic mass is 10.0. The Morgan fingerprint density at radius 1 is 0.968 bits per heavy atom. The Bertz CT molecular complexity index is 1360. The molecule has 0 aliphatic heterocycles. The number of aromatic nitrogens is 1. The summed E-state index contributed by atoms with van der Waals surface area (Å²) in [4.78, 5) is 38.8. The van der Waals surface area contributed by atoms with E-state index in [9.17, 15) is 14.4 Å². The van der Waals surface area contributed by atoms with Gasteiger partial charge in [-0.25, -0.2) is 0 Å². The van der Waals surface area contributed by atoms with Crippen molar-refractivity contribution in [2.24, 2.45) is 0 Å². The Hall–Kier alpha value is -3.70. The van der Waals surface area contributed by atoms with Crippen molar-refractivity contribution in [3.05, 3.63) is 111 Å². The molecule has 154 valence electrons. The van der Waals surface area contributed by atoms with Gasteiger partial charge in [0, 0.05) is 27.9 Å². The van der Waals surface area contributed by atoms with Gasteiger partial charge >= 0.3 is 0 Å². The second kappa shape index (κ2) is 8.58. The highest BCUT2D eigenvalue weighted by molar-refractivity contribution is 6.30. The summed E-state index contributed by atoms with van der Waals surface area (Å²) in [7, 11) is 0. The molecule has 3 aromatic carbocycles. The van der Waals surface area contributed by atoms with Gasteiger partial charge in [-0.1, -0.05) is 59.6 Å². The maximum absolute atomic E-state index is 13.1. The van der Waals surface area contributed by atoms with Crippen molar-refractivity contribution in [2.45, 2.75) is 13.5 Å². The van der Waals surface area contributed by atoms with Crippen molar-refractivity contribution < 1.29 is 9.59 Å². The van der Waals surface area contributed by atoms with E-state index in [0.717, 1.165) is 5.56 Å². The minimum absolute atomic E-state index is 0.0260. The van der Waals surface area contributed by atoms with Crippen molar-refractivity contribution in [1.29, 1.82) is 0 Å². The standard InChI is InChI=1S/C25H19ClN2O3/c1-16-9-11-17(12-10-16)24(30)21-14-28(22-8-3-2-7-20(22)25(21)31)15-23(29)27-19-6-4-5-18(26)13-19/h2-14H,15H2,1H3,(H,27,29). The number of amides is 1. The topological polar surface area (TPSA) is 68.2 Å². The van der Waals surface area contributed by atoms with Crippen LogP contribution in [-0.4, -0.2) is 16.3 Å². The summed E-state index contributed by atoms with van der Waals surface area (Å²) in [6.45, 7) is 1.86. The molecule has 0 bridgehead atoms. The number of hydrogen-bond donors (Lipinski definition) is 1. The lowest BCUT2D eigenvalue weighted by molar-refractivity contribution is -0.116. The molecule has 0 aliphatic rings. The van der Waals surface area contributed by atoms with Gasteiger partial charge in [-0.05, 0) is 37.3 Å². The number of fused-ring (bicyclic) bond motifs is 1. The summed E-state index contributed by atoms with van der Waals surface area (Å²) in [5.74, 6) is -0.676. The maximum Gasteiger partial charge on any atom is 0.244 e. The van der Waals surface area contributed by atoms with Gasteiger partial charge in [-0.3, -0.25) is 14.4 Å². The van der Waals surface area contributed by atoms with Crippen molar-refractivity contribution >= 4 is 39.9 Å². The SMILES string of the molecule is Cc1ccc(C(=O)c2cn(CC(=O)Nc3cccc(Cl)c3)c3ccccc3c2=O)cc1. The number of pyridine rings is 1. The Morgan fingerprint density at radius 3 is 2.45 bits per heavy atom. The number of nitrogens with one attached hydrogen (secondary N) is 1. The molecular weight excluding hydrogens is 412 g/mol. The quantitative estimate of drug-likeness (QED) is 0.461. The molecule has 0 radical (unpaired) electrons. The van der Waals surface area contributed by atoms with Gasteiger partial charge in [0.1, 0.15) is 6.54 Å². The predicted molar refractivity (Wildman–Crippen MR) is 123 cm³/mol. The molecule has 1 N–H and O–H groups in total. The predicted octanol–water partition coefficient (Wildman–Crippen LogP) is 4.83. The van der Waals surface area contributed by atoms with E-state index in [1.54, 1.807) is 65.2 Å². The zero-order valence-corrected chi connectivity index (χ0v) is 17.5. The van der Waals surface area contributed by atoms with Crippen LogP contribution in [0.1, 0.15) is 21.5 Å². The number of ketones is 1. The molecule has 1 amide bonds. The summed E-state index contributed by atoms with van der Waals surface area (Å²) >= 11 is 5.98. The van der Waals surface area contributed by atoms with E-state index in [1.807, 2.05) is 19.1 Å². The van der Waals surface area contributed by atoms with Gasteiger partial charge in [-0.2, -0.15) is 0 Å². The molecule has 0 saturated carbocycles. The van der Waals surface area contributed by atoms with Crippen LogP contribution in [0.4, 0.5) is 5.69 Å². The average Bonchev–Trinajstić information content (AvgIpc) is 2.76. The number of hydrogen-bond acceptors (Lipinski definition) is 3. The van der Waals surface area contributed by atoms with Crippen molar-refractivity contribution in [3.63, 3.8) is 0 Å². The first kappa shape index (κ1) is 20.6. The Morgan fingerprint density at radius 2 is 1.71 bits per heavy atom. The van der Waals surface area contributed by atoms with Gasteiger partial charge in [0.15, 0.2) is 5.78 Å². The minimum Gasteiger partial charge on any atom is -0.337 e. The molecule has 0 saturated heterocycles. The number of nitrogens with zero attached hydrogens (tertiary/aromatic N) is 1. The van der Waals surface area contributed by atoms with E-state index < -0.39 is 0 Å². The van der Waals surface area contributed by atoms with Gasteiger partial charge in [0.05, 0.1) is 11.1 Å². The molecule has 6 heteroatoms. The zero-order valence-electron chi connectivity index (χ0n) is 16.8. The Balaban J connectivity index is 1.73. The van der Waals surface area contributed by atoms with Crippen LogP contribution < -0.4 is 10.7 Å². The number of carbonyl (C=O) groups excluding carboxylic acids is 2. The molecular formula is C25H19ClN2O3. The minimum atomic E-state index is -0.375. The van der Waals surface area contributed by atoms with Crippen molar-refractivity contribution in [2.75, 3.05) is 5.32 Å². The lowest BCUT2D eigenvalue weighted by Gasteiger charge is -2.13. The number of halogens is 1. The molecule has 1 aromatic heterocycles. The molecule has 1 heterocycles. The zero-order chi connectivity index (χ0) is 22.0. The van der Waals surface area contributed by atoms with Crippen LogP contribution >= 0.6 is 11.6 Å². The Kier molecular flexibility index (Phi) is 5.69. The van der Waals surface area contributed by atoms with E-state index in [4.69, 9.17) is 11.6 Å². The van der Waals surface area contributed by atoms with Crippen LogP contribution in [0.25, 0.3) is 10.9 Å². The van der Waals surface area contributed by atoms with Crippen LogP contribution in [0.5, 0.6) is 0 Å². The lowest BCUT2D eigenvalue weighted by Crippen LogP contribution is -2.24. The molecule has 0 fully saturated rings. The molecule has 5 nitrogen and oxygen atoms in total. The third-order valence-corrected chi connectivity index (χ3v) is 5.20. The number of benzene rings is 3. The summed E-state index contributed by atoms with van der Waals surface area (Å²) in [6, 6.07) is 20.8. The highest BCUT2D eigenvalue weighted by Crippen LogP contribution is 2.17. The van der Waals surface area contributed by atoms with Gasteiger partial charge in [-0.15, -0.1) is 0 Å². The fourth-order valence-electron chi connectivity index (χ4n) is 3.42. The smallest absolute Gasteiger partial charge is 0.244 e. The van der Waals surface area contributed by atoms with E-state index in [1.165, 1.54) is 6.20 Å². The fourth-order valence-corrected chi connectivity index (χ4v) is 3.61. The molecule has 0 spiro atoms. The monoisotopic (exact) mass is 430 g/mol. The normalized spacial score (nSPS) is 10.8. The molecule has 0 aliphatic carbocycles. The van der Waals surface area contributed by atoms with E-state index >= 15 is 0 Å². The van der Waals surface area contributed by atoms with Gasteiger partial charge in [0.2, 0.25) is 11.3 Å². The summed E-state index contributed by atoms with van der Waals surface area (Å²) < 4.78 is 1.62. The summed E-state index contributed by atoms with van der Waals surface area (Å²) in [5.41, 5.74) is 2.26. The maximum atomic E-state index is 13.1. The number of para-hydroxylation sites is 1. The number of aryl methyl sites for hydroxylation is 1. The van der Waals surface area contributed by atoms with Crippen LogP contribution in [0.15, 0.2) is 83.8 Å². The van der Waals surface area contributed by atoms with Crippen LogP contribution in [-0.2, 0) is 11.3 Å². The third kappa shape index (κ3) is 4.42. The van der Waals surface area contributed by atoms with Crippen LogP contribution in [0, 0.1) is 6.92 Å². The van der Waals surface area contributed by atoms with Gasteiger partial charge < -0.3 is 9.88 Å². The Labute approximate surface area is 183 Å². The second-order valence-corrected chi connectivity index (χ2v) is 7.71. The number of carbonyl (C=O) groups is 2. The van der Waals surface area contributed by atoms with Crippen molar-refractivity contribution in [1.82, 2.24) is 4.57 Å². The molecule has 0 unspecified atom stereocenters. The summed E-state index contributed by atoms with van der Waals surface area (Å²) in [6.07, 6.45) is 1.46. The fraction of sp³-hybridized carbons (Fsp3) is 0.0800. The highest BCUT2D eigenvalue weighted by Gasteiger charge is 2.18. The van der Waals surface area contributed by atoms with Crippen LogP contribution in [0.2, 0.25) is 5.02 Å². The van der Waals surface area contributed by atoms with E-state index in [0.29, 0.717) is 27.2 Å². The van der Waals surface area contributed by atoms with Crippen LogP contribution in [0.3, 0.4) is 0 Å². The number of anilines is 1. The number of rotatable bonds is 5. The van der Waals surface area contributed by atoms with E-state index in [2.05, 4.69) is 5.32 Å². The van der Waals surface area contributed by atoms with E-state index in [-0.39, 0.29) is 29.2 Å². The summed E-state index contributed by atoms with van der Waals surface area (Å²) in [5, 5.41) is 3.69. The highest BCUT2D eigenvalue weighted by atomic mass is 35.5. The molecule has 31 heavy (non-hydrogen) atoms. The average molecular weight is 431 g/mol. The molecule has 4 rings (SSSR count).